The summed E-state index contributed by atoms with van der Waals surface area (Å²) >= 11 is 0. The molecule has 0 saturated heterocycles. The number of carbonyl (C=O) groups is 2. The van der Waals surface area contributed by atoms with Crippen LogP contribution in [-0.4, -0.2) is 36.9 Å². The van der Waals surface area contributed by atoms with E-state index in [1.165, 1.54) is 5.56 Å². The van der Waals surface area contributed by atoms with E-state index in [0.717, 1.165) is 33.4 Å². The van der Waals surface area contributed by atoms with Crippen LogP contribution in [0.1, 0.15) is 54.5 Å². The Morgan fingerprint density at radius 2 is 1.32 bits per heavy atom. The van der Waals surface area contributed by atoms with Crippen LogP contribution < -0.4 is 10.1 Å². The number of aryl methyl sites for hydroxylation is 1. The standard InChI is InChI=1S/C37H39NO6/c1-25-13-15-26(16-14-25)21-41-28-19-17-27(18-20-28)22-42-35(39)34(24-44-37(2,3)4)38-36(40)43-23-33-31-11-7-5-9-29(31)30-10-6-8-12-32(30)33/h5-20,33-34H,21-24H2,1-4H3,(H,38,40)/t34-/m1/s1. The molecule has 1 N–H and O–H groups in total. The third-order valence-electron chi connectivity index (χ3n) is 7.43. The van der Waals surface area contributed by atoms with Crippen LogP contribution in [0.25, 0.3) is 11.1 Å². The van der Waals surface area contributed by atoms with Crippen molar-refractivity contribution in [3.05, 3.63) is 125 Å². The Balaban J connectivity index is 1.15. The average molecular weight is 594 g/mol. The monoisotopic (exact) mass is 593 g/mol. The largest absolute Gasteiger partial charge is 0.489 e. The molecule has 4 aromatic rings. The van der Waals surface area contributed by atoms with Gasteiger partial charge in [-0.05, 0) is 73.2 Å². The first-order valence-electron chi connectivity index (χ1n) is 14.9. The number of hydrogen-bond donors (Lipinski definition) is 1. The number of hydrogen-bond acceptors (Lipinski definition) is 6. The minimum absolute atomic E-state index is 0.0372. The second-order valence-corrected chi connectivity index (χ2v) is 12.0. The number of carbonyl (C=O) groups excluding carboxylic acids is 2. The molecule has 0 aromatic heterocycles. The Morgan fingerprint density at radius 3 is 1.93 bits per heavy atom. The number of alkyl carbamates (subject to hydrolysis) is 1. The Kier molecular flexibility index (Phi) is 9.65. The van der Waals surface area contributed by atoms with Crippen molar-refractivity contribution in [1.82, 2.24) is 5.32 Å². The number of nitrogens with one attached hydrogen (secondary N) is 1. The predicted octanol–water partition coefficient (Wildman–Crippen LogP) is 7.34. The van der Waals surface area contributed by atoms with Gasteiger partial charge in [0, 0.05) is 5.92 Å². The van der Waals surface area contributed by atoms with Gasteiger partial charge >= 0.3 is 12.1 Å². The molecule has 5 rings (SSSR count). The molecule has 228 valence electrons. The van der Waals surface area contributed by atoms with E-state index >= 15 is 0 Å². The predicted molar refractivity (Wildman–Crippen MR) is 169 cm³/mol. The van der Waals surface area contributed by atoms with E-state index in [9.17, 15) is 9.59 Å². The zero-order chi connectivity index (χ0) is 31.1. The van der Waals surface area contributed by atoms with Crippen molar-refractivity contribution in [3.63, 3.8) is 0 Å². The lowest BCUT2D eigenvalue weighted by molar-refractivity contribution is -0.150. The molecule has 0 fully saturated rings. The van der Waals surface area contributed by atoms with Crippen molar-refractivity contribution >= 4 is 12.1 Å². The van der Waals surface area contributed by atoms with Crippen molar-refractivity contribution in [2.24, 2.45) is 0 Å². The Hall–Kier alpha value is -4.62. The van der Waals surface area contributed by atoms with Crippen LogP contribution in [0.4, 0.5) is 4.79 Å². The number of fused-ring (bicyclic) bond motifs is 3. The van der Waals surface area contributed by atoms with Gasteiger partial charge in [-0.15, -0.1) is 0 Å². The van der Waals surface area contributed by atoms with Crippen molar-refractivity contribution in [2.45, 2.75) is 58.5 Å². The summed E-state index contributed by atoms with van der Waals surface area (Å²) in [4.78, 5) is 26.1. The first-order valence-corrected chi connectivity index (χ1v) is 14.9. The van der Waals surface area contributed by atoms with Gasteiger partial charge in [-0.2, -0.15) is 0 Å². The molecule has 0 radical (unpaired) electrons. The SMILES string of the molecule is Cc1ccc(COc2ccc(COC(=O)[C@@H](COC(C)(C)C)NC(=O)OCC3c4ccccc4-c4ccccc43)cc2)cc1. The third kappa shape index (κ3) is 8.05. The smallest absolute Gasteiger partial charge is 0.407 e. The minimum atomic E-state index is -1.04. The van der Waals surface area contributed by atoms with Gasteiger partial charge in [0.2, 0.25) is 0 Å². The number of esters is 1. The van der Waals surface area contributed by atoms with Gasteiger partial charge in [0.1, 0.15) is 25.6 Å². The third-order valence-corrected chi connectivity index (χ3v) is 7.43. The van der Waals surface area contributed by atoms with E-state index < -0.39 is 23.7 Å². The zero-order valence-corrected chi connectivity index (χ0v) is 25.7. The number of rotatable bonds is 11. The molecular weight excluding hydrogens is 554 g/mol. The summed E-state index contributed by atoms with van der Waals surface area (Å²) in [6.07, 6.45) is -0.707. The maximum absolute atomic E-state index is 13.1. The van der Waals surface area contributed by atoms with E-state index in [-0.39, 0.29) is 25.7 Å². The zero-order valence-electron chi connectivity index (χ0n) is 25.7. The van der Waals surface area contributed by atoms with Crippen molar-refractivity contribution in [3.8, 4) is 16.9 Å². The molecule has 1 atom stereocenters. The first kappa shape index (κ1) is 30.8. The summed E-state index contributed by atoms with van der Waals surface area (Å²) in [6, 6.07) is 30.8. The van der Waals surface area contributed by atoms with Crippen LogP contribution in [0.3, 0.4) is 0 Å². The van der Waals surface area contributed by atoms with Crippen LogP contribution in [0.15, 0.2) is 97.1 Å². The molecule has 7 heteroatoms. The lowest BCUT2D eigenvalue weighted by Crippen LogP contribution is -2.46. The van der Waals surface area contributed by atoms with E-state index in [1.807, 2.05) is 88.4 Å². The average Bonchev–Trinajstić information content (AvgIpc) is 3.34. The summed E-state index contributed by atoms with van der Waals surface area (Å²) in [5.74, 6) is 0.0182. The van der Waals surface area contributed by atoms with Gasteiger partial charge in [-0.3, -0.25) is 0 Å². The number of amides is 1. The Labute approximate surface area is 259 Å². The topological polar surface area (TPSA) is 83.1 Å². The van der Waals surface area contributed by atoms with Gasteiger partial charge in [0.15, 0.2) is 6.04 Å². The van der Waals surface area contributed by atoms with Crippen molar-refractivity contribution < 1.29 is 28.5 Å². The molecule has 1 aliphatic rings. The van der Waals surface area contributed by atoms with Gasteiger partial charge in [-0.25, -0.2) is 9.59 Å². The van der Waals surface area contributed by atoms with Crippen LogP contribution in [-0.2, 0) is 32.2 Å². The highest BCUT2D eigenvalue weighted by molar-refractivity contribution is 5.82. The maximum atomic E-state index is 13.1. The molecular formula is C37H39NO6. The molecule has 0 saturated carbocycles. The van der Waals surface area contributed by atoms with Crippen LogP contribution in [0, 0.1) is 6.92 Å². The molecule has 0 unspecified atom stereocenters. The molecule has 1 aliphatic carbocycles. The molecule has 1 amide bonds. The Bertz CT molecular complexity index is 1530. The number of ether oxygens (including phenoxy) is 4. The lowest BCUT2D eigenvalue weighted by atomic mass is 9.98. The fourth-order valence-corrected chi connectivity index (χ4v) is 5.07. The molecule has 0 bridgehead atoms. The van der Waals surface area contributed by atoms with E-state index in [4.69, 9.17) is 18.9 Å². The molecule has 44 heavy (non-hydrogen) atoms. The van der Waals surface area contributed by atoms with E-state index in [2.05, 4.69) is 41.7 Å². The first-order chi connectivity index (χ1) is 21.2. The summed E-state index contributed by atoms with van der Waals surface area (Å²) < 4.78 is 22.9. The van der Waals surface area contributed by atoms with Crippen molar-refractivity contribution in [2.75, 3.05) is 13.2 Å². The van der Waals surface area contributed by atoms with Gasteiger partial charge in [0.25, 0.3) is 0 Å². The molecule has 0 aliphatic heterocycles. The highest BCUT2D eigenvalue weighted by Gasteiger charge is 2.30. The fraction of sp³-hybridized carbons (Fsp3) is 0.297. The van der Waals surface area contributed by atoms with Gasteiger partial charge < -0.3 is 24.3 Å². The quantitative estimate of drug-likeness (QED) is 0.183. The maximum Gasteiger partial charge on any atom is 0.407 e. The summed E-state index contributed by atoms with van der Waals surface area (Å²) in [5.41, 5.74) is 7.06. The molecule has 7 nitrogen and oxygen atoms in total. The second-order valence-electron chi connectivity index (χ2n) is 12.0. The highest BCUT2D eigenvalue weighted by atomic mass is 16.6. The molecule has 0 spiro atoms. The lowest BCUT2D eigenvalue weighted by Gasteiger charge is -2.24. The summed E-state index contributed by atoms with van der Waals surface area (Å²) in [7, 11) is 0. The molecule has 4 aromatic carbocycles. The number of benzene rings is 4. The van der Waals surface area contributed by atoms with E-state index in [0.29, 0.717) is 12.4 Å². The summed E-state index contributed by atoms with van der Waals surface area (Å²) in [5, 5.41) is 2.66. The van der Waals surface area contributed by atoms with Gasteiger partial charge in [0.05, 0.1) is 12.2 Å². The minimum Gasteiger partial charge on any atom is -0.489 e. The van der Waals surface area contributed by atoms with Gasteiger partial charge in [-0.1, -0.05) is 90.5 Å². The summed E-state index contributed by atoms with van der Waals surface area (Å²) in [6.45, 7) is 8.27. The van der Waals surface area contributed by atoms with Crippen molar-refractivity contribution in [1.29, 1.82) is 0 Å². The molecule has 0 heterocycles. The van der Waals surface area contributed by atoms with Crippen LogP contribution in [0.2, 0.25) is 0 Å². The second kappa shape index (κ2) is 13.8. The normalized spacial score (nSPS) is 13.0. The highest BCUT2D eigenvalue weighted by Crippen LogP contribution is 2.44. The van der Waals surface area contributed by atoms with E-state index in [1.54, 1.807) is 0 Å². The van der Waals surface area contributed by atoms with Crippen LogP contribution >= 0.6 is 0 Å². The Morgan fingerprint density at radius 1 is 0.750 bits per heavy atom. The fourth-order valence-electron chi connectivity index (χ4n) is 5.07. The van der Waals surface area contributed by atoms with Crippen LogP contribution in [0.5, 0.6) is 5.75 Å².